The van der Waals surface area contributed by atoms with Crippen molar-refractivity contribution in [3.05, 3.63) is 36.1 Å². The lowest BCUT2D eigenvalue weighted by atomic mass is 10.1. The van der Waals surface area contributed by atoms with Gasteiger partial charge >= 0.3 is 5.97 Å². The molecule has 7 nitrogen and oxygen atoms in total. The van der Waals surface area contributed by atoms with Crippen molar-refractivity contribution in [2.45, 2.75) is 18.9 Å². The fourth-order valence-electron chi connectivity index (χ4n) is 1.87. The first-order valence-electron chi connectivity index (χ1n) is 6.28. The average Bonchev–Trinajstić information content (AvgIpc) is 2.86. The summed E-state index contributed by atoms with van der Waals surface area (Å²) < 4.78 is 5.34. The Morgan fingerprint density at radius 2 is 2.00 bits per heavy atom. The molecule has 1 unspecified atom stereocenters. The lowest BCUT2D eigenvalue weighted by molar-refractivity contribution is -0.139. The summed E-state index contributed by atoms with van der Waals surface area (Å²) in [6.45, 7) is 0. The van der Waals surface area contributed by atoms with Gasteiger partial charge in [0.05, 0.1) is 0 Å². The number of carboxylic acids is 1. The second-order valence-electron chi connectivity index (χ2n) is 4.52. The lowest BCUT2D eigenvalue weighted by Gasteiger charge is -2.12. The number of nitrogens with two attached hydrogens (primary N) is 1. The van der Waals surface area contributed by atoms with E-state index < -0.39 is 23.8 Å². The van der Waals surface area contributed by atoms with E-state index in [1.54, 1.807) is 24.3 Å². The maximum Gasteiger partial charge on any atom is 0.326 e. The van der Waals surface area contributed by atoms with Crippen molar-refractivity contribution in [1.29, 1.82) is 0 Å². The van der Waals surface area contributed by atoms with Crippen LogP contribution in [-0.4, -0.2) is 28.9 Å². The van der Waals surface area contributed by atoms with Crippen LogP contribution in [0.2, 0.25) is 0 Å². The van der Waals surface area contributed by atoms with Crippen molar-refractivity contribution in [1.82, 2.24) is 5.32 Å². The lowest BCUT2D eigenvalue weighted by Crippen LogP contribution is -2.41. The number of fused-ring (bicyclic) bond motifs is 1. The molecule has 110 valence electrons. The molecule has 1 aromatic carbocycles. The van der Waals surface area contributed by atoms with Gasteiger partial charge in [-0.05, 0) is 18.6 Å². The summed E-state index contributed by atoms with van der Waals surface area (Å²) >= 11 is 0. The van der Waals surface area contributed by atoms with Crippen LogP contribution in [0.25, 0.3) is 11.0 Å². The molecule has 7 heteroatoms. The molecule has 0 fully saturated rings. The number of aliphatic carboxylic acids is 1. The Morgan fingerprint density at radius 3 is 2.62 bits per heavy atom. The highest BCUT2D eigenvalue weighted by Gasteiger charge is 2.22. The molecule has 0 aliphatic carbocycles. The van der Waals surface area contributed by atoms with Crippen molar-refractivity contribution in [2.24, 2.45) is 5.73 Å². The molecule has 0 radical (unpaired) electrons. The molecule has 2 amide bonds. The highest BCUT2D eigenvalue weighted by molar-refractivity contribution is 5.98. The van der Waals surface area contributed by atoms with Crippen LogP contribution in [0.1, 0.15) is 23.4 Å². The monoisotopic (exact) mass is 290 g/mol. The van der Waals surface area contributed by atoms with Crippen molar-refractivity contribution in [3.8, 4) is 0 Å². The molecule has 0 bridgehead atoms. The third-order valence-corrected chi connectivity index (χ3v) is 2.93. The van der Waals surface area contributed by atoms with Crippen LogP contribution >= 0.6 is 0 Å². The van der Waals surface area contributed by atoms with Crippen molar-refractivity contribution in [2.75, 3.05) is 0 Å². The molecule has 21 heavy (non-hydrogen) atoms. The maximum atomic E-state index is 12.0. The number of amides is 2. The summed E-state index contributed by atoms with van der Waals surface area (Å²) in [5.41, 5.74) is 5.50. The molecule has 1 aromatic heterocycles. The molecule has 2 rings (SSSR count). The number of benzene rings is 1. The summed E-state index contributed by atoms with van der Waals surface area (Å²) in [4.78, 5) is 33.7. The number of nitrogens with one attached hydrogen (secondary N) is 1. The fraction of sp³-hybridized carbons (Fsp3) is 0.214. The van der Waals surface area contributed by atoms with E-state index in [1.807, 2.05) is 0 Å². The molecule has 0 spiro atoms. The second-order valence-corrected chi connectivity index (χ2v) is 4.52. The number of para-hydroxylation sites is 1. The van der Waals surface area contributed by atoms with Crippen LogP contribution in [0.5, 0.6) is 0 Å². The molecule has 0 saturated heterocycles. The maximum absolute atomic E-state index is 12.0. The minimum atomic E-state index is -1.24. The molecule has 2 aromatic rings. The molecular weight excluding hydrogens is 276 g/mol. The second kappa shape index (κ2) is 6.08. The molecule has 0 aliphatic heterocycles. The van der Waals surface area contributed by atoms with Gasteiger partial charge in [-0.25, -0.2) is 4.79 Å². The van der Waals surface area contributed by atoms with Gasteiger partial charge in [0.2, 0.25) is 5.91 Å². The number of furan rings is 1. The molecule has 1 atom stereocenters. The van der Waals surface area contributed by atoms with Crippen LogP contribution in [-0.2, 0) is 9.59 Å². The third-order valence-electron chi connectivity index (χ3n) is 2.93. The number of carbonyl (C=O) groups is 3. The molecule has 1 heterocycles. The smallest absolute Gasteiger partial charge is 0.326 e. The van der Waals surface area contributed by atoms with Gasteiger partial charge in [0, 0.05) is 11.8 Å². The number of hydrogen-bond donors (Lipinski definition) is 3. The van der Waals surface area contributed by atoms with Gasteiger partial charge in [0.1, 0.15) is 11.6 Å². The van der Waals surface area contributed by atoms with Crippen molar-refractivity contribution >= 4 is 28.8 Å². The topological polar surface area (TPSA) is 123 Å². The van der Waals surface area contributed by atoms with Crippen LogP contribution in [0.15, 0.2) is 34.7 Å². The van der Waals surface area contributed by atoms with Gasteiger partial charge in [0.15, 0.2) is 5.76 Å². The van der Waals surface area contributed by atoms with E-state index >= 15 is 0 Å². The van der Waals surface area contributed by atoms with Crippen molar-refractivity contribution < 1.29 is 23.9 Å². The quantitative estimate of drug-likeness (QED) is 0.728. The first-order chi connectivity index (χ1) is 9.97. The van der Waals surface area contributed by atoms with E-state index in [4.69, 9.17) is 15.3 Å². The zero-order valence-electron chi connectivity index (χ0n) is 11.0. The van der Waals surface area contributed by atoms with E-state index in [9.17, 15) is 14.4 Å². The van der Waals surface area contributed by atoms with Gasteiger partial charge < -0.3 is 20.6 Å². The fourth-order valence-corrected chi connectivity index (χ4v) is 1.87. The summed E-state index contributed by atoms with van der Waals surface area (Å²) in [6.07, 6.45) is -0.200. The highest BCUT2D eigenvalue weighted by atomic mass is 16.4. The van der Waals surface area contributed by atoms with Gasteiger partial charge in [0.25, 0.3) is 5.91 Å². The minimum Gasteiger partial charge on any atom is -0.480 e. The average molecular weight is 290 g/mol. The SMILES string of the molecule is NC(=O)CCC(NC(=O)c1cc2ccccc2o1)C(=O)O. The van der Waals surface area contributed by atoms with Gasteiger partial charge in [-0.2, -0.15) is 0 Å². The van der Waals surface area contributed by atoms with Crippen LogP contribution in [0.3, 0.4) is 0 Å². The molecule has 4 N–H and O–H groups in total. The largest absolute Gasteiger partial charge is 0.480 e. The van der Waals surface area contributed by atoms with E-state index in [0.717, 1.165) is 5.39 Å². The first-order valence-corrected chi connectivity index (χ1v) is 6.28. The Morgan fingerprint density at radius 1 is 1.29 bits per heavy atom. The van der Waals surface area contributed by atoms with Gasteiger partial charge in [-0.3, -0.25) is 9.59 Å². The van der Waals surface area contributed by atoms with Crippen LogP contribution in [0.4, 0.5) is 0 Å². The number of carbonyl (C=O) groups excluding carboxylic acids is 2. The Labute approximate surface area is 119 Å². The Hall–Kier alpha value is -2.83. The minimum absolute atomic E-state index is 0.0153. The number of hydrogen-bond acceptors (Lipinski definition) is 4. The molecule has 0 saturated carbocycles. The summed E-state index contributed by atoms with van der Waals surface area (Å²) in [5, 5.41) is 12.1. The Kier molecular flexibility index (Phi) is 4.22. The number of primary amides is 1. The Bertz CT molecular complexity index is 658. The summed E-state index contributed by atoms with van der Waals surface area (Å²) in [6, 6.07) is 7.37. The summed E-state index contributed by atoms with van der Waals surface area (Å²) in [5.74, 6) is -2.50. The van der Waals surface area contributed by atoms with E-state index in [2.05, 4.69) is 5.32 Å². The van der Waals surface area contributed by atoms with E-state index in [0.29, 0.717) is 5.58 Å². The van der Waals surface area contributed by atoms with E-state index in [1.165, 1.54) is 6.07 Å². The number of carboxylic acid groups (broad SMARTS) is 1. The zero-order valence-corrected chi connectivity index (χ0v) is 11.0. The van der Waals surface area contributed by atoms with Crippen LogP contribution in [0, 0.1) is 0 Å². The zero-order chi connectivity index (χ0) is 15.4. The highest BCUT2D eigenvalue weighted by Crippen LogP contribution is 2.18. The van der Waals surface area contributed by atoms with Gasteiger partial charge in [-0.15, -0.1) is 0 Å². The van der Waals surface area contributed by atoms with Crippen molar-refractivity contribution in [3.63, 3.8) is 0 Å². The first kappa shape index (κ1) is 14.6. The molecular formula is C14H14N2O5. The van der Waals surface area contributed by atoms with Crippen LogP contribution < -0.4 is 11.1 Å². The predicted octanol–water partition coefficient (Wildman–Crippen LogP) is 0.881. The number of rotatable bonds is 6. The van der Waals surface area contributed by atoms with E-state index in [-0.39, 0.29) is 18.6 Å². The predicted molar refractivity (Wildman–Crippen MR) is 73.5 cm³/mol. The standard InChI is InChI=1S/C14H14N2O5/c15-12(17)6-5-9(14(19)20)16-13(18)11-7-8-3-1-2-4-10(8)21-11/h1-4,7,9H,5-6H2,(H2,15,17)(H,16,18)(H,19,20). The Balaban J connectivity index is 2.10. The molecule has 0 aliphatic rings. The third kappa shape index (κ3) is 3.59. The van der Waals surface area contributed by atoms with Gasteiger partial charge in [-0.1, -0.05) is 18.2 Å². The normalized spacial score (nSPS) is 12.0. The summed E-state index contributed by atoms with van der Waals surface area (Å²) in [7, 11) is 0.